The molecule has 7 nitrogen and oxygen atoms in total. The summed E-state index contributed by atoms with van der Waals surface area (Å²) in [6, 6.07) is 6.31. The Kier molecular flexibility index (Phi) is 5.66. The van der Waals surface area contributed by atoms with Gasteiger partial charge in [-0.25, -0.2) is 4.79 Å². The number of nitrogens with zero attached hydrogens (tertiary/aromatic N) is 1. The van der Waals surface area contributed by atoms with E-state index in [0.29, 0.717) is 24.2 Å². The number of rotatable bonds is 5. The van der Waals surface area contributed by atoms with Crippen LogP contribution in [0.2, 0.25) is 0 Å². The molecule has 1 saturated heterocycles. The second kappa shape index (κ2) is 7.55. The molecule has 25 heavy (non-hydrogen) atoms. The van der Waals surface area contributed by atoms with Gasteiger partial charge in [0.25, 0.3) is 5.91 Å². The third kappa shape index (κ3) is 4.95. The highest BCUT2D eigenvalue weighted by Gasteiger charge is 2.30. The summed E-state index contributed by atoms with van der Waals surface area (Å²) in [5.74, 6) is -1.53. The lowest BCUT2D eigenvalue weighted by Gasteiger charge is -2.24. The number of benzene rings is 1. The number of hydrogen-bond acceptors (Lipinski definition) is 3. The maximum absolute atomic E-state index is 12.2. The fourth-order valence-corrected chi connectivity index (χ4v) is 2.52. The zero-order valence-electron chi connectivity index (χ0n) is 14.8. The zero-order valence-corrected chi connectivity index (χ0v) is 14.8. The number of carbonyl (C=O) groups is 3. The van der Waals surface area contributed by atoms with Gasteiger partial charge in [0.05, 0.1) is 5.92 Å². The molecule has 1 fully saturated rings. The van der Waals surface area contributed by atoms with E-state index < -0.39 is 11.9 Å². The summed E-state index contributed by atoms with van der Waals surface area (Å²) in [6.07, 6.45) is 1.29. The Bertz CT molecular complexity index is 655. The minimum Gasteiger partial charge on any atom is -0.481 e. The molecule has 136 valence electrons. The Hall–Kier alpha value is -2.57. The van der Waals surface area contributed by atoms with Gasteiger partial charge in [-0.3, -0.25) is 9.59 Å². The monoisotopic (exact) mass is 347 g/mol. The molecule has 1 atom stereocenters. The van der Waals surface area contributed by atoms with Crippen LogP contribution in [0.1, 0.15) is 44.0 Å². The van der Waals surface area contributed by atoms with E-state index in [0.717, 1.165) is 6.42 Å². The lowest BCUT2D eigenvalue weighted by atomic mass is 10.0. The molecule has 1 aromatic rings. The van der Waals surface area contributed by atoms with Crippen molar-refractivity contribution in [2.45, 2.75) is 39.2 Å². The van der Waals surface area contributed by atoms with Gasteiger partial charge in [-0.2, -0.15) is 0 Å². The molecule has 7 heteroatoms. The molecule has 2 rings (SSSR count). The normalized spacial score (nSPS) is 17.2. The summed E-state index contributed by atoms with van der Waals surface area (Å²) >= 11 is 0. The van der Waals surface area contributed by atoms with E-state index >= 15 is 0 Å². The third-order valence-electron chi connectivity index (χ3n) is 4.56. The number of nitrogens with one attached hydrogen (secondary N) is 2. The highest BCUT2D eigenvalue weighted by Crippen LogP contribution is 2.18. The lowest BCUT2D eigenvalue weighted by Crippen LogP contribution is -2.42. The Morgan fingerprint density at radius 3 is 2.40 bits per heavy atom. The number of carboxylic acid groups (broad SMARTS) is 1. The smallest absolute Gasteiger partial charge is 0.321 e. The van der Waals surface area contributed by atoms with Gasteiger partial charge in [-0.15, -0.1) is 0 Å². The molecule has 1 aromatic carbocycles. The van der Waals surface area contributed by atoms with Crippen LogP contribution in [0.25, 0.3) is 0 Å². The van der Waals surface area contributed by atoms with E-state index in [1.165, 1.54) is 4.90 Å². The van der Waals surface area contributed by atoms with Crippen LogP contribution in [0.4, 0.5) is 10.5 Å². The molecule has 1 heterocycles. The molecule has 0 aromatic heterocycles. The first kappa shape index (κ1) is 18.8. The Labute approximate surface area is 147 Å². The first-order chi connectivity index (χ1) is 11.7. The minimum absolute atomic E-state index is 0.159. The van der Waals surface area contributed by atoms with Crippen molar-refractivity contribution >= 4 is 23.6 Å². The summed E-state index contributed by atoms with van der Waals surface area (Å²) in [4.78, 5) is 36.8. The van der Waals surface area contributed by atoms with E-state index in [2.05, 4.69) is 10.6 Å². The van der Waals surface area contributed by atoms with Crippen LogP contribution in [-0.2, 0) is 4.79 Å². The molecule has 0 bridgehead atoms. The van der Waals surface area contributed by atoms with Crippen molar-refractivity contribution in [2.24, 2.45) is 5.92 Å². The summed E-state index contributed by atoms with van der Waals surface area (Å²) in [5, 5.41) is 14.7. The molecule has 3 N–H and O–H groups in total. The predicted octanol–water partition coefficient (Wildman–Crippen LogP) is 2.54. The maximum atomic E-state index is 12.2. The van der Waals surface area contributed by atoms with Gasteiger partial charge in [-0.1, -0.05) is 6.92 Å². The van der Waals surface area contributed by atoms with Crippen LogP contribution in [0.15, 0.2) is 24.3 Å². The van der Waals surface area contributed by atoms with Crippen molar-refractivity contribution in [3.8, 4) is 0 Å². The van der Waals surface area contributed by atoms with Gasteiger partial charge in [-0.05, 0) is 51.0 Å². The van der Waals surface area contributed by atoms with Crippen LogP contribution in [0.3, 0.4) is 0 Å². The lowest BCUT2D eigenvalue weighted by molar-refractivity contribution is -0.141. The molecule has 1 unspecified atom stereocenters. The quantitative estimate of drug-likeness (QED) is 0.762. The number of likely N-dealkylation sites (tertiary alicyclic amines) is 1. The van der Waals surface area contributed by atoms with Gasteiger partial charge in [0.15, 0.2) is 0 Å². The standard InChI is InChI=1S/C18H25N3O4/c1-4-18(2,3)20-15(22)12-5-7-14(8-6-12)19-17(25)21-10-9-13(11-21)16(23)24/h5-8,13H,4,9-11H2,1-3H3,(H,19,25)(H,20,22)(H,23,24). The van der Waals surface area contributed by atoms with Crippen molar-refractivity contribution in [3.63, 3.8) is 0 Å². The zero-order chi connectivity index (χ0) is 18.6. The summed E-state index contributed by atoms with van der Waals surface area (Å²) in [7, 11) is 0. The summed E-state index contributed by atoms with van der Waals surface area (Å²) in [6.45, 7) is 6.56. The van der Waals surface area contributed by atoms with E-state index in [4.69, 9.17) is 5.11 Å². The van der Waals surface area contributed by atoms with Crippen LogP contribution in [0.5, 0.6) is 0 Å². The van der Waals surface area contributed by atoms with Crippen LogP contribution < -0.4 is 10.6 Å². The van der Waals surface area contributed by atoms with Gasteiger partial charge in [0, 0.05) is 29.9 Å². The van der Waals surface area contributed by atoms with E-state index in [9.17, 15) is 14.4 Å². The van der Waals surface area contributed by atoms with Crippen molar-refractivity contribution in [3.05, 3.63) is 29.8 Å². The second-order valence-corrected chi connectivity index (χ2v) is 6.97. The number of urea groups is 1. The number of carboxylic acids is 1. The van der Waals surface area contributed by atoms with Gasteiger partial charge >= 0.3 is 12.0 Å². The third-order valence-corrected chi connectivity index (χ3v) is 4.56. The first-order valence-electron chi connectivity index (χ1n) is 8.43. The maximum Gasteiger partial charge on any atom is 0.321 e. The first-order valence-corrected chi connectivity index (χ1v) is 8.43. The minimum atomic E-state index is -0.874. The van der Waals surface area contributed by atoms with Crippen LogP contribution in [-0.4, -0.2) is 46.5 Å². The SMILES string of the molecule is CCC(C)(C)NC(=O)c1ccc(NC(=O)N2CCC(C(=O)O)C2)cc1. The van der Waals surface area contributed by atoms with E-state index in [-0.39, 0.29) is 24.0 Å². The number of carbonyl (C=O) groups excluding carboxylic acids is 2. The molecule has 0 aliphatic carbocycles. The number of hydrogen-bond donors (Lipinski definition) is 3. The second-order valence-electron chi connectivity index (χ2n) is 6.97. The predicted molar refractivity (Wildman–Crippen MR) is 94.6 cm³/mol. The Balaban J connectivity index is 1.93. The van der Waals surface area contributed by atoms with Crippen molar-refractivity contribution in [2.75, 3.05) is 18.4 Å². The topological polar surface area (TPSA) is 98.7 Å². The average molecular weight is 347 g/mol. The van der Waals surface area contributed by atoms with Crippen molar-refractivity contribution in [1.82, 2.24) is 10.2 Å². The molecule has 0 radical (unpaired) electrons. The molecule has 3 amide bonds. The largest absolute Gasteiger partial charge is 0.481 e. The van der Waals surface area contributed by atoms with E-state index in [1.807, 2.05) is 20.8 Å². The fourth-order valence-electron chi connectivity index (χ4n) is 2.52. The van der Waals surface area contributed by atoms with Crippen molar-refractivity contribution < 1.29 is 19.5 Å². The molecule has 1 aliphatic rings. The van der Waals surface area contributed by atoms with Gasteiger partial charge < -0.3 is 20.6 Å². The van der Waals surface area contributed by atoms with Gasteiger partial charge in [0.1, 0.15) is 0 Å². The van der Waals surface area contributed by atoms with Crippen molar-refractivity contribution in [1.29, 1.82) is 0 Å². The summed E-state index contributed by atoms with van der Waals surface area (Å²) in [5.41, 5.74) is 0.808. The highest BCUT2D eigenvalue weighted by molar-refractivity contribution is 5.96. The number of aliphatic carboxylic acids is 1. The Morgan fingerprint density at radius 2 is 1.88 bits per heavy atom. The number of amides is 3. The summed E-state index contributed by atoms with van der Waals surface area (Å²) < 4.78 is 0. The fraction of sp³-hybridized carbons (Fsp3) is 0.500. The average Bonchev–Trinajstić information content (AvgIpc) is 3.05. The van der Waals surface area contributed by atoms with E-state index in [1.54, 1.807) is 24.3 Å². The highest BCUT2D eigenvalue weighted by atomic mass is 16.4. The molecule has 0 saturated carbocycles. The van der Waals surface area contributed by atoms with Gasteiger partial charge in [0.2, 0.25) is 0 Å². The molecular weight excluding hydrogens is 322 g/mol. The molecular formula is C18H25N3O4. The Morgan fingerprint density at radius 1 is 1.24 bits per heavy atom. The molecule has 0 spiro atoms. The number of anilines is 1. The van der Waals surface area contributed by atoms with Crippen LogP contribution >= 0.6 is 0 Å². The molecule has 1 aliphatic heterocycles. The van der Waals surface area contributed by atoms with Crippen LogP contribution in [0, 0.1) is 5.92 Å².